The quantitative estimate of drug-likeness (QED) is 0.237. The van der Waals surface area contributed by atoms with Gasteiger partial charge in [-0.25, -0.2) is 4.79 Å². The van der Waals surface area contributed by atoms with E-state index in [2.05, 4.69) is 5.32 Å². The molecule has 1 amide bonds. The third-order valence-electron chi connectivity index (χ3n) is 5.70. The number of carbonyl (C=O) groups is 1. The van der Waals surface area contributed by atoms with Crippen LogP contribution in [0.4, 0.5) is 10.5 Å². The predicted molar refractivity (Wildman–Crippen MR) is 151 cm³/mol. The van der Waals surface area contributed by atoms with Crippen molar-refractivity contribution in [2.75, 3.05) is 32.1 Å². The van der Waals surface area contributed by atoms with Crippen molar-refractivity contribution < 1.29 is 23.8 Å². The maximum atomic E-state index is 12.9. The van der Waals surface area contributed by atoms with Crippen molar-refractivity contribution in [1.29, 1.82) is 0 Å². The zero-order valence-corrected chi connectivity index (χ0v) is 22.2. The Hall–Kier alpha value is -4.46. The molecular formula is C30H32N2O6. The number of nitrogens with zero attached hydrogens (tertiary/aromatic N) is 1. The summed E-state index contributed by atoms with van der Waals surface area (Å²) in [6.45, 7) is 5.94. The van der Waals surface area contributed by atoms with E-state index in [4.69, 9.17) is 13.9 Å². The smallest absolute Gasteiger partial charge is 0.407 e. The van der Waals surface area contributed by atoms with Gasteiger partial charge in [-0.1, -0.05) is 24.3 Å². The van der Waals surface area contributed by atoms with Crippen molar-refractivity contribution in [3.05, 3.63) is 76.1 Å². The molecule has 0 aliphatic rings. The highest BCUT2D eigenvalue weighted by atomic mass is 16.6. The standard InChI is InChI=1S/C30H32N2O6/c1-30(2,3)38-29(35)31-14-15-36-23-12-9-20-17-24-26(18-21(20)16-23)37-25(28(34)27(24)33)13-8-19-6-10-22(11-7-19)32(4)5/h6-13,16-18,34H,14-15H2,1-5H3,(H,31,35)/b13-8+. The number of fused-ring (bicyclic) bond motifs is 2. The molecule has 2 N–H and O–H groups in total. The first kappa shape index (κ1) is 26.6. The van der Waals surface area contributed by atoms with Gasteiger partial charge in [-0.3, -0.25) is 4.79 Å². The lowest BCUT2D eigenvalue weighted by molar-refractivity contribution is 0.0520. The summed E-state index contributed by atoms with van der Waals surface area (Å²) < 4.78 is 16.9. The molecule has 0 radical (unpaired) electrons. The summed E-state index contributed by atoms with van der Waals surface area (Å²) in [5.41, 5.74) is 1.26. The molecule has 0 aliphatic heterocycles. The topological polar surface area (TPSA) is 101 Å². The van der Waals surface area contributed by atoms with E-state index in [1.807, 2.05) is 55.4 Å². The van der Waals surface area contributed by atoms with Gasteiger partial charge in [0.1, 0.15) is 23.5 Å². The summed E-state index contributed by atoms with van der Waals surface area (Å²) in [6, 6.07) is 16.7. The maximum absolute atomic E-state index is 12.9. The molecule has 0 atom stereocenters. The van der Waals surface area contributed by atoms with Crippen molar-refractivity contribution in [2.24, 2.45) is 0 Å². The van der Waals surface area contributed by atoms with Gasteiger partial charge in [0.25, 0.3) is 0 Å². The third kappa shape index (κ3) is 6.45. The lowest BCUT2D eigenvalue weighted by Gasteiger charge is -2.19. The van der Waals surface area contributed by atoms with Gasteiger partial charge in [-0.05, 0) is 79.6 Å². The van der Waals surface area contributed by atoms with Crippen molar-refractivity contribution in [3.8, 4) is 11.5 Å². The Labute approximate surface area is 221 Å². The number of hydrogen-bond donors (Lipinski definition) is 2. The van der Waals surface area contributed by atoms with Crippen molar-refractivity contribution in [3.63, 3.8) is 0 Å². The zero-order chi connectivity index (χ0) is 27.4. The van der Waals surface area contributed by atoms with Crippen LogP contribution in [0.1, 0.15) is 32.1 Å². The zero-order valence-electron chi connectivity index (χ0n) is 22.2. The summed E-state index contributed by atoms with van der Waals surface area (Å²) in [7, 11) is 3.94. The molecule has 0 bridgehead atoms. The van der Waals surface area contributed by atoms with Gasteiger partial charge in [0.05, 0.1) is 11.9 Å². The van der Waals surface area contributed by atoms with Gasteiger partial charge in [-0.2, -0.15) is 0 Å². The fourth-order valence-electron chi connectivity index (χ4n) is 3.82. The maximum Gasteiger partial charge on any atom is 0.407 e. The fraction of sp³-hybridized carbons (Fsp3) is 0.267. The molecular weight excluding hydrogens is 484 g/mol. The molecule has 8 heteroatoms. The van der Waals surface area contributed by atoms with E-state index in [-0.39, 0.29) is 24.3 Å². The van der Waals surface area contributed by atoms with Gasteiger partial charge in [0.15, 0.2) is 5.76 Å². The number of rotatable bonds is 7. The van der Waals surface area contributed by atoms with Crippen LogP contribution in [0.2, 0.25) is 0 Å². The molecule has 3 aromatic carbocycles. The average molecular weight is 517 g/mol. The van der Waals surface area contributed by atoms with Crippen LogP contribution in [-0.4, -0.2) is 44.0 Å². The number of ether oxygens (including phenoxy) is 2. The summed E-state index contributed by atoms with van der Waals surface area (Å²) in [4.78, 5) is 26.7. The summed E-state index contributed by atoms with van der Waals surface area (Å²) in [5.74, 6) is 0.250. The van der Waals surface area contributed by atoms with Gasteiger partial charge in [0, 0.05) is 19.8 Å². The second kappa shape index (κ2) is 10.9. The molecule has 4 aromatic rings. The normalized spacial score (nSPS) is 11.7. The second-order valence-corrected chi connectivity index (χ2v) is 10.1. The number of nitrogens with one attached hydrogen (secondary N) is 1. The number of alkyl carbamates (subject to hydrolysis) is 1. The molecule has 0 saturated carbocycles. The van der Waals surface area contributed by atoms with Crippen LogP contribution in [-0.2, 0) is 4.74 Å². The summed E-state index contributed by atoms with van der Waals surface area (Å²) in [5, 5.41) is 15.0. The first-order valence-corrected chi connectivity index (χ1v) is 12.3. The molecule has 4 rings (SSSR count). The molecule has 0 unspecified atom stereocenters. The first-order valence-electron chi connectivity index (χ1n) is 12.3. The van der Waals surface area contributed by atoms with Gasteiger partial charge in [0.2, 0.25) is 11.2 Å². The van der Waals surface area contributed by atoms with Crippen LogP contribution in [0.3, 0.4) is 0 Å². The third-order valence-corrected chi connectivity index (χ3v) is 5.70. The Kier molecular flexibility index (Phi) is 7.62. The molecule has 198 valence electrons. The molecule has 0 saturated heterocycles. The lowest BCUT2D eigenvalue weighted by Crippen LogP contribution is -2.34. The summed E-state index contributed by atoms with van der Waals surface area (Å²) in [6.07, 6.45) is 2.86. The second-order valence-electron chi connectivity index (χ2n) is 10.1. The number of carbonyl (C=O) groups excluding carboxylic acids is 1. The fourth-order valence-corrected chi connectivity index (χ4v) is 3.82. The first-order chi connectivity index (χ1) is 18.0. The van der Waals surface area contributed by atoms with E-state index in [9.17, 15) is 14.7 Å². The molecule has 8 nitrogen and oxygen atoms in total. The molecule has 0 aliphatic carbocycles. The Balaban J connectivity index is 1.53. The monoisotopic (exact) mass is 516 g/mol. The Morgan fingerprint density at radius 3 is 2.45 bits per heavy atom. The predicted octanol–water partition coefficient (Wildman–Crippen LogP) is 5.79. The number of anilines is 1. The highest BCUT2D eigenvalue weighted by Crippen LogP contribution is 2.28. The van der Waals surface area contributed by atoms with Gasteiger partial charge < -0.3 is 29.2 Å². The number of hydrogen-bond acceptors (Lipinski definition) is 7. The average Bonchev–Trinajstić information content (AvgIpc) is 2.86. The largest absolute Gasteiger partial charge is 0.502 e. The molecule has 1 aromatic heterocycles. The van der Waals surface area contributed by atoms with Crippen LogP contribution in [0.15, 0.2) is 63.8 Å². The SMILES string of the molecule is CN(C)c1ccc(/C=C/c2oc3cc4cc(OCCNC(=O)OC(C)(C)C)ccc4cc3c(=O)c2O)cc1. The van der Waals surface area contributed by atoms with Crippen molar-refractivity contribution in [2.45, 2.75) is 26.4 Å². The number of aromatic hydroxyl groups is 1. The van der Waals surface area contributed by atoms with E-state index in [1.54, 1.807) is 51.1 Å². The Morgan fingerprint density at radius 1 is 1.03 bits per heavy atom. The number of amides is 1. The van der Waals surface area contributed by atoms with E-state index in [0.29, 0.717) is 11.3 Å². The van der Waals surface area contributed by atoms with E-state index in [1.165, 1.54) is 0 Å². The van der Waals surface area contributed by atoms with Crippen LogP contribution in [0.5, 0.6) is 11.5 Å². The van der Waals surface area contributed by atoms with Crippen LogP contribution in [0.25, 0.3) is 33.9 Å². The van der Waals surface area contributed by atoms with Crippen LogP contribution < -0.4 is 20.4 Å². The van der Waals surface area contributed by atoms with Crippen molar-refractivity contribution in [1.82, 2.24) is 5.32 Å². The molecule has 1 heterocycles. The highest BCUT2D eigenvalue weighted by Gasteiger charge is 2.16. The van der Waals surface area contributed by atoms with E-state index < -0.39 is 22.9 Å². The van der Waals surface area contributed by atoms with E-state index >= 15 is 0 Å². The minimum atomic E-state index is -0.564. The van der Waals surface area contributed by atoms with E-state index in [0.717, 1.165) is 22.0 Å². The van der Waals surface area contributed by atoms with Crippen LogP contribution >= 0.6 is 0 Å². The Morgan fingerprint density at radius 2 is 1.76 bits per heavy atom. The van der Waals surface area contributed by atoms with Crippen molar-refractivity contribution >= 4 is 45.7 Å². The molecule has 0 spiro atoms. The van der Waals surface area contributed by atoms with Gasteiger partial charge in [-0.15, -0.1) is 0 Å². The molecule has 0 fully saturated rings. The minimum absolute atomic E-state index is 0.0826. The highest BCUT2D eigenvalue weighted by molar-refractivity contribution is 5.97. The van der Waals surface area contributed by atoms with Gasteiger partial charge >= 0.3 is 6.09 Å². The lowest BCUT2D eigenvalue weighted by atomic mass is 10.1. The molecule has 38 heavy (non-hydrogen) atoms. The number of benzene rings is 3. The Bertz CT molecular complexity index is 1550. The minimum Gasteiger partial charge on any atom is -0.502 e. The summed E-state index contributed by atoms with van der Waals surface area (Å²) >= 11 is 0. The van der Waals surface area contributed by atoms with Crippen LogP contribution in [0, 0.1) is 0 Å².